The third-order valence-corrected chi connectivity index (χ3v) is 2.39. The minimum Gasteiger partial charge on any atom is -0.449 e. The Morgan fingerprint density at radius 1 is 1.39 bits per heavy atom. The Hall–Kier alpha value is -2.74. The first-order valence-electron chi connectivity index (χ1n) is 5.31. The molecule has 1 heterocycles. The number of hydrogen-bond acceptors (Lipinski definition) is 4. The summed E-state index contributed by atoms with van der Waals surface area (Å²) in [7, 11) is 0. The summed E-state index contributed by atoms with van der Waals surface area (Å²) in [6.45, 7) is 0.434. The van der Waals surface area contributed by atoms with E-state index in [-0.39, 0.29) is 5.76 Å². The molecule has 0 saturated heterocycles. The van der Waals surface area contributed by atoms with E-state index < -0.39 is 5.91 Å². The zero-order chi connectivity index (χ0) is 13.0. The molecule has 0 aliphatic heterocycles. The Kier molecular flexibility index (Phi) is 3.30. The van der Waals surface area contributed by atoms with Gasteiger partial charge in [0.15, 0.2) is 0 Å². The third-order valence-electron chi connectivity index (χ3n) is 2.39. The fourth-order valence-electron chi connectivity index (χ4n) is 1.50. The van der Waals surface area contributed by atoms with E-state index in [0.29, 0.717) is 17.9 Å². The number of furan rings is 1. The molecule has 0 bridgehead atoms. The van der Waals surface area contributed by atoms with Crippen molar-refractivity contribution in [1.82, 2.24) is 0 Å². The van der Waals surface area contributed by atoms with Gasteiger partial charge in [0, 0.05) is 11.3 Å². The van der Waals surface area contributed by atoms with E-state index in [0.717, 1.165) is 5.69 Å². The number of amides is 1. The van der Waals surface area contributed by atoms with Gasteiger partial charge >= 0.3 is 0 Å². The van der Waals surface area contributed by atoms with E-state index in [1.165, 1.54) is 0 Å². The van der Waals surface area contributed by atoms with E-state index in [2.05, 4.69) is 5.32 Å². The van der Waals surface area contributed by atoms with Crippen LogP contribution in [0.2, 0.25) is 0 Å². The molecule has 0 radical (unpaired) electrons. The molecule has 0 aliphatic carbocycles. The maximum absolute atomic E-state index is 11.0. The number of nitrogens with one attached hydrogen (secondary N) is 1. The molecule has 2 aromatic rings. The predicted octanol–water partition coefficient (Wildman–Crippen LogP) is 1.86. The zero-order valence-corrected chi connectivity index (χ0v) is 9.51. The number of nitriles is 1. The fourth-order valence-corrected chi connectivity index (χ4v) is 1.50. The second-order valence-corrected chi connectivity index (χ2v) is 3.68. The van der Waals surface area contributed by atoms with Gasteiger partial charge in [0.05, 0.1) is 6.54 Å². The maximum atomic E-state index is 11.0. The number of primary amides is 1. The normalized spacial score (nSPS) is 9.72. The molecule has 3 N–H and O–H groups in total. The maximum Gasteiger partial charge on any atom is 0.248 e. The Balaban J connectivity index is 2.04. The number of benzene rings is 1. The summed E-state index contributed by atoms with van der Waals surface area (Å²) in [5.74, 6) is 0.456. The smallest absolute Gasteiger partial charge is 0.248 e. The second-order valence-electron chi connectivity index (χ2n) is 3.68. The lowest BCUT2D eigenvalue weighted by molar-refractivity contribution is 0.100. The van der Waals surface area contributed by atoms with E-state index in [1.54, 1.807) is 30.3 Å². The minimum absolute atomic E-state index is 0.276. The number of rotatable bonds is 4. The van der Waals surface area contributed by atoms with Crippen molar-refractivity contribution >= 4 is 11.6 Å². The highest BCUT2D eigenvalue weighted by Gasteiger charge is 2.03. The van der Waals surface area contributed by atoms with Crippen molar-refractivity contribution in [3.63, 3.8) is 0 Å². The van der Waals surface area contributed by atoms with Crippen LogP contribution in [-0.4, -0.2) is 5.91 Å². The third kappa shape index (κ3) is 2.68. The molecule has 0 spiro atoms. The largest absolute Gasteiger partial charge is 0.449 e. The van der Waals surface area contributed by atoms with Crippen molar-refractivity contribution in [3.8, 4) is 6.07 Å². The van der Waals surface area contributed by atoms with Crippen LogP contribution in [0.25, 0.3) is 0 Å². The van der Waals surface area contributed by atoms with Gasteiger partial charge in [-0.05, 0) is 30.3 Å². The van der Waals surface area contributed by atoms with Gasteiger partial charge in [-0.15, -0.1) is 0 Å². The number of nitrogens with two attached hydrogens (primary N) is 1. The first-order chi connectivity index (χ1) is 8.69. The van der Waals surface area contributed by atoms with Crippen LogP contribution in [-0.2, 0) is 6.54 Å². The van der Waals surface area contributed by atoms with Crippen LogP contribution in [0.1, 0.15) is 21.9 Å². The average Bonchev–Trinajstić information content (AvgIpc) is 2.84. The molecular formula is C13H11N3O2. The number of carbonyl (C=O) groups excluding carboxylic acids is 1. The highest BCUT2D eigenvalue weighted by atomic mass is 16.3. The molecule has 90 valence electrons. The van der Waals surface area contributed by atoms with Crippen molar-refractivity contribution < 1.29 is 9.21 Å². The monoisotopic (exact) mass is 241 g/mol. The lowest BCUT2D eigenvalue weighted by Gasteiger charge is -2.05. The lowest BCUT2D eigenvalue weighted by atomic mass is 10.2. The molecule has 0 unspecified atom stereocenters. The van der Waals surface area contributed by atoms with Crippen molar-refractivity contribution in [1.29, 1.82) is 5.26 Å². The molecular weight excluding hydrogens is 230 g/mol. The van der Waals surface area contributed by atoms with Crippen molar-refractivity contribution in [2.75, 3.05) is 5.32 Å². The van der Waals surface area contributed by atoms with Gasteiger partial charge in [-0.2, -0.15) is 5.26 Å². The Labute approximate surface area is 104 Å². The zero-order valence-electron chi connectivity index (χ0n) is 9.51. The van der Waals surface area contributed by atoms with Crippen LogP contribution >= 0.6 is 0 Å². The average molecular weight is 241 g/mol. The summed E-state index contributed by atoms with van der Waals surface area (Å²) >= 11 is 0. The number of hydrogen-bond donors (Lipinski definition) is 2. The lowest BCUT2D eigenvalue weighted by Crippen LogP contribution is -2.11. The van der Waals surface area contributed by atoms with Crippen LogP contribution in [0.3, 0.4) is 0 Å². The van der Waals surface area contributed by atoms with E-state index in [1.807, 2.05) is 12.1 Å². The molecule has 1 aromatic heterocycles. The predicted molar refractivity (Wildman–Crippen MR) is 65.7 cm³/mol. The van der Waals surface area contributed by atoms with E-state index in [9.17, 15) is 4.79 Å². The number of carbonyl (C=O) groups is 1. The fraction of sp³-hybridized carbons (Fsp3) is 0.0769. The molecule has 0 fully saturated rings. The molecule has 1 aromatic carbocycles. The SMILES string of the molecule is N#Cc1ccc(CNc2cccc(C(N)=O)c2)o1. The standard InChI is InChI=1S/C13H11N3O2/c14-7-11-4-5-12(18-11)8-16-10-3-1-2-9(6-10)13(15)17/h1-6,16H,8H2,(H2,15,17). The molecule has 0 aliphatic rings. The van der Waals surface area contributed by atoms with Gasteiger partial charge < -0.3 is 15.5 Å². The topological polar surface area (TPSA) is 92.0 Å². The van der Waals surface area contributed by atoms with Crippen LogP contribution in [0.15, 0.2) is 40.8 Å². The van der Waals surface area contributed by atoms with Crippen molar-refractivity contribution in [3.05, 3.63) is 53.5 Å². The summed E-state index contributed by atoms with van der Waals surface area (Å²) in [6.07, 6.45) is 0. The Morgan fingerprint density at radius 2 is 2.22 bits per heavy atom. The first-order valence-corrected chi connectivity index (χ1v) is 5.31. The summed E-state index contributed by atoms with van der Waals surface area (Å²) < 4.78 is 5.22. The van der Waals surface area contributed by atoms with E-state index >= 15 is 0 Å². The summed E-state index contributed by atoms with van der Waals surface area (Å²) in [5, 5.41) is 11.7. The second kappa shape index (κ2) is 5.06. The highest BCUT2D eigenvalue weighted by molar-refractivity contribution is 5.93. The van der Waals surface area contributed by atoms with Crippen LogP contribution < -0.4 is 11.1 Å². The molecule has 2 rings (SSSR count). The van der Waals surface area contributed by atoms with E-state index in [4.69, 9.17) is 15.4 Å². The van der Waals surface area contributed by atoms with Crippen molar-refractivity contribution in [2.24, 2.45) is 5.73 Å². The van der Waals surface area contributed by atoms with Gasteiger partial charge in [-0.25, -0.2) is 0 Å². The number of anilines is 1. The molecule has 5 nitrogen and oxygen atoms in total. The highest BCUT2D eigenvalue weighted by Crippen LogP contribution is 2.13. The molecule has 5 heteroatoms. The quantitative estimate of drug-likeness (QED) is 0.854. The molecule has 18 heavy (non-hydrogen) atoms. The van der Waals surface area contributed by atoms with Gasteiger partial charge in [0.1, 0.15) is 11.8 Å². The van der Waals surface area contributed by atoms with Gasteiger partial charge in [0.2, 0.25) is 11.7 Å². The van der Waals surface area contributed by atoms with Crippen molar-refractivity contribution in [2.45, 2.75) is 6.54 Å². The molecule has 1 amide bonds. The van der Waals surface area contributed by atoms with Crippen LogP contribution in [0.4, 0.5) is 5.69 Å². The van der Waals surface area contributed by atoms with Gasteiger partial charge in [-0.3, -0.25) is 4.79 Å². The van der Waals surface area contributed by atoms with Gasteiger partial charge in [-0.1, -0.05) is 6.07 Å². The first kappa shape index (κ1) is 11.7. The Bertz CT molecular complexity index is 611. The minimum atomic E-state index is -0.469. The molecule has 0 saturated carbocycles. The molecule has 0 atom stereocenters. The number of nitrogens with zero attached hydrogens (tertiary/aromatic N) is 1. The summed E-state index contributed by atoms with van der Waals surface area (Å²) in [6, 6.07) is 12.1. The van der Waals surface area contributed by atoms with Crippen LogP contribution in [0.5, 0.6) is 0 Å². The van der Waals surface area contributed by atoms with Crippen LogP contribution in [0, 0.1) is 11.3 Å². The summed E-state index contributed by atoms with van der Waals surface area (Å²) in [5.41, 5.74) is 6.40. The van der Waals surface area contributed by atoms with Gasteiger partial charge in [0.25, 0.3) is 0 Å². The Morgan fingerprint density at radius 3 is 2.89 bits per heavy atom. The summed E-state index contributed by atoms with van der Waals surface area (Å²) in [4.78, 5) is 11.0.